The van der Waals surface area contributed by atoms with E-state index in [9.17, 15) is 0 Å². The summed E-state index contributed by atoms with van der Waals surface area (Å²) in [7, 11) is 0. The van der Waals surface area contributed by atoms with Crippen molar-refractivity contribution in [2.75, 3.05) is 0 Å². The van der Waals surface area contributed by atoms with Gasteiger partial charge < -0.3 is 9.97 Å². The van der Waals surface area contributed by atoms with Crippen molar-refractivity contribution in [2.24, 2.45) is 0 Å². The molecule has 6 rings (SSSR count). The SMILES string of the molecule is CCC1=C(C)c2nc1cc1[nH]c(cc3[nH]c(cc4nc5c2CCC5=C4CC)c(CC)c3C)c(C)c1CC. The van der Waals surface area contributed by atoms with E-state index in [-0.39, 0.29) is 0 Å². The van der Waals surface area contributed by atoms with Crippen LogP contribution in [0.5, 0.6) is 0 Å². The first kappa shape index (κ1) is 24.0. The minimum absolute atomic E-state index is 0.975. The maximum absolute atomic E-state index is 5.30. The molecule has 0 radical (unpaired) electrons. The highest BCUT2D eigenvalue weighted by Crippen LogP contribution is 2.45. The standard InChI is InChI=1S/C33H38N4/c1-8-20-17(5)26-14-27-18(6)21(9-2)29(35-27)16-31-23(11-4)24-12-13-25(33(24)37-31)32-19(7)22(10-3)30(36-32)15-28(20)34-26/h14-16,34-35H,8-13H2,1-7H3. The molecule has 2 N–H and O–H groups in total. The van der Waals surface area contributed by atoms with Crippen molar-refractivity contribution in [3.8, 4) is 0 Å². The van der Waals surface area contributed by atoms with E-state index < -0.39 is 0 Å². The Balaban J connectivity index is 1.83. The summed E-state index contributed by atoms with van der Waals surface area (Å²) in [5.74, 6) is 0. The second-order valence-corrected chi connectivity index (χ2v) is 10.7. The molecule has 2 aliphatic heterocycles. The van der Waals surface area contributed by atoms with E-state index in [2.05, 4.69) is 76.6 Å². The molecule has 8 bridgehead atoms. The number of hydrogen-bond donors (Lipinski definition) is 2. The molecule has 0 fully saturated rings. The van der Waals surface area contributed by atoms with Gasteiger partial charge in [-0.05, 0) is 122 Å². The monoisotopic (exact) mass is 490 g/mol. The van der Waals surface area contributed by atoms with E-state index >= 15 is 0 Å². The van der Waals surface area contributed by atoms with Crippen LogP contribution in [-0.2, 0) is 19.3 Å². The predicted octanol–water partition coefficient (Wildman–Crippen LogP) is 8.66. The number of rotatable bonds is 4. The minimum atomic E-state index is 0.975. The summed E-state index contributed by atoms with van der Waals surface area (Å²) in [6, 6.07) is 6.89. The van der Waals surface area contributed by atoms with Gasteiger partial charge in [0, 0.05) is 27.6 Å². The molecule has 0 amide bonds. The molecule has 0 saturated carbocycles. The fraction of sp³-hybridized carbons (Fsp3) is 0.394. The molecule has 0 unspecified atom stereocenters. The predicted molar refractivity (Wildman–Crippen MR) is 157 cm³/mol. The molecule has 5 heterocycles. The Hall–Kier alpha value is -3.40. The molecule has 190 valence electrons. The number of H-pyrrole nitrogens is 2. The maximum atomic E-state index is 5.30. The molecule has 0 saturated heterocycles. The van der Waals surface area contributed by atoms with Gasteiger partial charge in [0.05, 0.1) is 22.8 Å². The second-order valence-electron chi connectivity index (χ2n) is 10.7. The first-order valence-corrected chi connectivity index (χ1v) is 14.1. The molecule has 3 aromatic heterocycles. The smallest absolute Gasteiger partial charge is 0.0726 e. The Bertz CT molecular complexity index is 1690. The number of fused-ring (bicyclic) bond motifs is 8. The van der Waals surface area contributed by atoms with Gasteiger partial charge in [0.2, 0.25) is 0 Å². The van der Waals surface area contributed by atoms with Crippen molar-refractivity contribution < 1.29 is 0 Å². The van der Waals surface area contributed by atoms with Crippen LogP contribution >= 0.6 is 0 Å². The van der Waals surface area contributed by atoms with Gasteiger partial charge in [-0.1, -0.05) is 27.7 Å². The highest BCUT2D eigenvalue weighted by Gasteiger charge is 2.30. The molecule has 4 nitrogen and oxygen atoms in total. The molecule has 4 heteroatoms. The van der Waals surface area contributed by atoms with Crippen molar-refractivity contribution in [2.45, 2.75) is 87.0 Å². The normalized spacial score (nSPS) is 14.9. The van der Waals surface area contributed by atoms with E-state index in [1.54, 1.807) is 0 Å². The molecule has 3 aromatic rings. The van der Waals surface area contributed by atoms with E-state index in [0.29, 0.717) is 0 Å². The number of aromatic amines is 2. The molecule has 1 aliphatic carbocycles. The number of nitrogens with one attached hydrogen (secondary N) is 2. The van der Waals surface area contributed by atoms with Gasteiger partial charge in [0.15, 0.2) is 0 Å². The van der Waals surface area contributed by atoms with Crippen LogP contribution in [0.1, 0.15) is 104 Å². The summed E-state index contributed by atoms with van der Waals surface area (Å²) < 4.78 is 0. The van der Waals surface area contributed by atoms with Crippen LogP contribution < -0.4 is 0 Å². The van der Waals surface area contributed by atoms with Crippen molar-refractivity contribution in [1.29, 1.82) is 0 Å². The fourth-order valence-electron chi connectivity index (χ4n) is 6.87. The molecule has 0 atom stereocenters. The summed E-state index contributed by atoms with van der Waals surface area (Å²) in [5.41, 5.74) is 21.5. The highest BCUT2D eigenvalue weighted by atomic mass is 14.8. The van der Waals surface area contributed by atoms with Gasteiger partial charge in [-0.2, -0.15) is 0 Å². The number of nitrogens with zero attached hydrogens (tertiary/aromatic N) is 2. The lowest BCUT2D eigenvalue weighted by atomic mass is 10.0. The number of aromatic nitrogens is 4. The third kappa shape index (κ3) is 3.48. The van der Waals surface area contributed by atoms with Crippen LogP contribution in [0.15, 0.2) is 18.2 Å². The highest BCUT2D eigenvalue weighted by molar-refractivity contribution is 5.99. The average molecular weight is 491 g/mol. The van der Waals surface area contributed by atoms with Crippen molar-refractivity contribution >= 4 is 44.4 Å². The van der Waals surface area contributed by atoms with Crippen LogP contribution in [0.25, 0.3) is 44.4 Å². The molecular formula is C33H38N4. The lowest BCUT2D eigenvalue weighted by molar-refractivity contribution is 1.04. The Morgan fingerprint density at radius 1 is 0.622 bits per heavy atom. The molecular weight excluding hydrogens is 452 g/mol. The summed E-state index contributed by atoms with van der Waals surface area (Å²) >= 11 is 0. The number of aryl methyl sites for hydroxylation is 4. The number of hydrogen-bond acceptors (Lipinski definition) is 2. The van der Waals surface area contributed by atoms with Gasteiger partial charge in [0.25, 0.3) is 0 Å². The Morgan fingerprint density at radius 2 is 1.16 bits per heavy atom. The van der Waals surface area contributed by atoms with Gasteiger partial charge in [-0.3, -0.25) is 0 Å². The van der Waals surface area contributed by atoms with Gasteiger partial charge >= 0.3 is 0 Å². The van der Waals surface area contributed by atoms with Crippen LogP contribution in [0.3, 0.4) is 0 Å². The zero-order valence-corrected chi connectivity index (χ0v) is 23.4. The van der Waals surface area contributed by atoms with Crippen molar-refractivity contribution in [3.05, 3.63) is 68.8 Å². The second kappa shape index (κ2) is 8.86. The lowest BCUT2D eigenvalue weighted by Crippen LogP contribution is -1.90. The van der Waals surface area contributed by atoms with E-state index in [4.69, 9.17) is 9.97 Å². The van der Waals surface area contributed by atoms with Crippen LogP contribution in [-0.4, -0.2) is 19.9 Å². The Morgan fingerprint density at radius 3 is 1.70 bits per heavy atom. The Kier molecular flexibility index (Phi) is 5.74. The first-order chi connectivity index (χ1) is 17.9. The summed E-state index contributed by atoms with van der Waals surface area (Å²) in [4.78, 5) is 18.1. The third-order valence-electron chi connectivity index (χ3n) is 8.90. The zero-order chi connectivity index (χ0) is 26.0. The summed E-state index contributed by atoms with van der Waals surface area (Å²) in [6.45, 7) is 15.8. The third-order valence-corrected chi connectivity index (χ3v) is 8.90. The van der Waals surface area contributed by atoms with Crippen LogP contribution in [0.4, 0.5) is 0 Å². The fourth-order valence-corrected chi connectivity index (χ4v) is 6.87. The van der Waals surface area contributed by atoms with Crippen molar-refractivity contribution in [3.63, 3.8) is 0 Å². The molecule has 37 heavy (non-hydrogen) atoms. The molecule has 0 spiro atoms. The number of allylic oxidation sites excluding steroid dienone is 4. The summed E-state index contributed by atoms with van der Waals surface area (Å²) in [5, 5.41) is 0. The maximum Gasteiger partial charge on any atom is 0.0726 e. The first-order valence-electron chi connectivity index (χ1n) is 14.1. The van der Waals surface area contributed by atoms with Gasteiger partial charge in [-0.25, -0.2) is 9.97 Å². The van der Waals surface area contributed by atoms with E-state index in [0.717, 1.165) is 55.6 Å². The van der Waals surface area contributed by atoms with Crippen LogP contribution in [0, 0.1) is 13.8 Å². The molecule has 3 aliphatic rings. The minimum Gasteiger partial charge on any atom is -0.355 e. The largest absolute Gasteiger partial charge is 0.355 e. The topological polar surface area (TPSA) is 57.4 Å². The summed E-state index contributed by atoms with van der Waals surface area (Å²) in [6.07, 6.45) is 6.03. The van der Waals surface area contributed by atoms with Gasteiger partial charge in [0.1, 0.15) is 0 Å². The average Bonchev–Trinajstić information content (AvgIpc) is 3.64. The van der Waals surface area contributed by atoms with E-state index in [1.807, 2.05) is 0 Å². The van der Waals surface area contributed by atoms with Crippen LogP contribution in [0.2, 0.25) is 0 Å². The Labute approximate surface area is 220 Å². The van der Waals surface area contributed by atoms with Gasteiger partial charge in [-0.15, -0.1) is 0 Å². The lowest BCUT2D eigenvalue weighted by Gasteiger charge is -2.02. The molecule has 0 aromatic carbocycles. The zero-order valence-electron chi connectivity index (χ0n) is 23.4. The van der Waals surface area contributed by atoms with E-state index in [1.165, 1.54) is 77.9 Å². The quantitative estimate of drug-likeness (QED) is 0.384. The van der Waals surface area contributed by atoms with Crippen molar-refractivity contribution in [1.82, 2.24) is 19.9 Å².